The minimum absolute atomic E-state index is 0.146. The molecule has 0 saturated carbocycles. The maximum Gasteiger partial charge on any atom is 0.319 e. The van der Waals surface area contributed by atoms with Gasteiger partial charge in [0.25, 0.3) is 0 Å². The molecule has 106 valence electrons. The van der Waals surface area contributed by atoms with Crippen LogP contribution in [-0.4, -0.2) is 29.1 Å². The van der Waals surface area contributed by atoms with Crippen molar-refractivity contribution in [2.75, 3.05) is 12.9 Å². The summed E-state index contributed by atoms with van der Waals surface area (Å²) < 4.78 is 6.05. The van der Waals surface area contributed by atoms with Crippen LogP contribution in [0, 0.1) is 0 Å². The normalized spacial score (nSPS) is 12.3. The molecule has 0 bridgehead atoms. The standard InChI is InChI=1S/C15H16BrNO2S/c1-3-19-15(18)14(20-2)7-10-4-5-13-11(6-10)8-12(16)9-17-13/h4-6,8-9,14H,3,7H2,1-2H3. The molecule has 20 heavy (non-hydrogen) atoms. The number of aromatic nitrogens is 1. The summed E-state index contributed by atoms with van der Waals surface area (Å²) in [6.07, 6.45) is 4.38. The molecule has 0 aliphatic heterocycles. The lowest BCUT2D eigenvalue weighted by atomic mass is 10.1. The number of carbonyl (C=O) groups excluding carboxylic acids is 1. The van der Waals surface area contributed by atoms with E-state index in [0.29, 0.717) is 13.0 Å². The molecule has 0 amide bonds. The minimum Gasteiger partial charge on any atom is -0.465 e. The van der Waals surface area contributed by atoms with E-state index in [-0.39, 0.29) is 11.2 Å². The van der Waals surface area contributed by atoms with Crippen molar-refractivity contribution in [1.29, 1.82) is 0 Å². The van der Waals surface area contributed by atoms with E-state index in [2.05, 4.69) is 27.0 Å². The number of rotatable bonds is 5. The predicted octanol–water partition coefficient (Wildman–Crippen LogP) is 3.83. The molecule has 3 nitrogen and oxygen atoms in total. The van der Waals surface area contributed by atoms with Gasteiger partial charge in [0.1, 0.15) is 5.25 Å². The lowest BCUT2D eigenvalue weighted by Gasteiger charge is -2.13. The summed E-state index contributed by atoms with van der Waals surface area (Å²) in [5.41, 5.74) is 2.07. The van der Waals surface area contributed by atoms with Gasteiger partial charge in [-0.15, -0.1) is 11.8 Å². The summed E-state index contributed by atoms with van der Waals surface area (Å²) in [5, 5.41) is 0.910. The van der Waals surface area contributed by atoms with Crippen molar-refractivity contribution in [3.8, 4) is 0 Å². The second-order valence-corrected chi connectivity index (χ2v) is 6.32. The molecule has 0 radical (unpaired) electrons. The molecule has 5 heteroatoms. The van der Waals surface area contributed by atoms with E-state index in [9.17, 15) is 4.79 Å². The van der Waals surface area contributed by atoms with Crippen LogP contribution in [0.3, 0.4) is 0 Å². The van der Waals surface area contributed by atoms with Crippen LogP contribution in [-0.2, 0) is 16.0 Å². The zero-order chi connectivity index (χ0) is 14.5. The maximum absolute atomic E-state index is 11.8. The van der Waals surface area contributed by atoms with Gasteiger partial charge in [0.2, 0.25) is 0 Å². The highest BCUT2D eigenvalue weighted by Crippen LogP contribution is 2.21. The number of fused-ring (bicyclic) bond motifs is 1. The number of thioether (sulfide) groups is 1. The zero-order valence-corrected chi connectivity index (χ0v) is 13.8. The first-order chi connectivity index (χ1) is 9.63. The van der Waals surface area contributed by atoms with Crippen molar-refractivity contribution < 1.29 is 9.53 Å². The second-order valence-electron chi connectivity index (χ2n) is 4.36. The van der Waals surface area contributed by atoms with Gasteiger partial charge in [0.15, 0.2) is 0 Å². The molecule has 1 unspecified atom stereocenters. The highest BCUT2D eigenvalue weighted by atomic mass is 79.9. The molecule has 1 atom stereocenters. The minimum atomic E-state index is -0.160. The average molecular weight is 354 g/mol. The van der Waals surface area contributed by atoms with E-state index in [1.165, 1.54) is 11.8 Å². The largest absolute Gasteiger partial charge is 0.465 e. The number of esters is 1. The molecular weight excluding hydrogens is 338 g/mol. The van der Waals surface area contributed by atoms with Crippen LogP contribution >= 0.6 is 27.7 Å². The molecule has 1 heterocycles. The number of hydrogen-bond donors (Lipinski definition) is 0. The number of ether oxygens (including phenoxy) is 1. The average Bonchev–Trinajstić information content (AvgIpc) is 2.44. The van der Waals surface area contributed by atoms with E-state index in [1.807, 2.05) is 31.4 Å². The van der Waals surface area contributed by atoms with Gasteiger partial charge in [-0.1, -0.05) is 6.07 Å². The Bertz CT molecular complexity index is 618. The Hall–Kier alpha value is -1.07. The zero-order valence-electron chi connectivity index (χ0n) is 11.4. The lowest BCUT2D eigenvalue weighted by Crippen LogP contribution is -2.22. The van der Waals surface area contributed by atoms with Crippen LogP contribution < -0.4 is 0 Å². The molecule has 2 aromatic rings. The van der Waals surface area contributed by atoms with Gasteiger partial charge in [0.05, 0.1) is 12.1 Å². The van der Waals surface area contributed by atoms with E-state index >= 15 is 0 Å². The van der Waals surface area contributed by atoms with Gasteiger partial charge < -0.3 is 4.74 Å². The molecular formula is C15H16BrNO2S. The van der Waals surface area contributed by atoms with Crippen molar-refractivity contribution in [2.45, 2.75) is 18.6 Å². The summed E-state index contributed by atoms with van der Waals surface area (Å²) >= 11 is 4.95. The lowest BCUT2D eigenvalue weighted by molar-refractivity contribution is -0.142. The quantitative estimate of drug-likeness (QED) is 0.765. The monoisotopic (exact) mass is 353 g/mol. The van der Waals surface area contributed by atoms with Gasteiger partial charge in [-0.3, -0.25) is 9.78 Å². The summed E-state index contributed by atoms with van der Waals surface area (Å²) in [6, 6.07) is 8.12. The van der Waals surface area contributed by atoms with Crippen molar-refractivity contribution in [3.05, 3.63) is 40.5 Å². The smallest absolute Gasteiger partial charge is 0.319 e. The third kappa shape index (κ3) is 3.73. The van der Waals surface area contributed by atoms with Crippen LogP contribution in [0.25, 0.3) is 10.9 Å². The number of benzene rings is 1. The van der Waals surface area contributed by atoms with E-state index in [4.69, 9.17) is 4.74 Å². The number of pyridine rings is 1. The molecule has 0 aliphatic carbocycles. The highest BCUT2D eigenvalue weighted by molar-refractivity contribution is 9.10. The van der Waals surface area contributed by atoms with Gasteiger partial charge in [-0.2, -0.15) is 0 Å². The Morgan fingerprint density at radius 2 is 2.25 bits per heavy atom. The summed E-state index contributed by atoms with van der Waals surface area (Å²) in [5.74, 6) is -0.146. The molecule has 0 aliphatic rings. The SMILES string of the molecule is CCOC(=O)C(Cc1ccc2ncc(Br)cc2c1)SC. The number of carbonyl (C=O) groups is 1. The third-order valence-electron chi connectivity index (χ3n) is 2.97. The fourth-order valence-electron chi connectivity index (χ4n) is 1.99. The molecule has 0 spiro atoms. The van der Waals surface area contributed by atoms with Crippen LogP contribution in [0.5, 0.6) is 0 Å². The van der Waals surface area contributed by atoms with Crippen molar-refractivity contribution in [2.24, 2.45) is 0 Å². The molecule has 0 fully saturated rings. The fourth-order valence-corrected chi connectivity index (χ4v) is 2.96. The predicted molar refractivity (Wildman–Crippen MR) is 87.1 cm³/mol. The fraction of sp³-hybridized carbons (Fsp3) is 0.333. The Kier molecular flexibility index (Phi) is 5.43. The van der Waals surface area contributed by atoms with Gasteiger partial charge >= 0.3 is 5.97 Å². The van der Waals surface area contributed by atoms with Crippen LogP contribution in [0.2, 0.25) is 0 Å². The number of nitrogens with zero attached hydrogens (tertiary/aromatic N) is 1. The Balaban J connectivity index is 2.22. The molecule has 2 rings (SSSR count). The molecule has 1 aromatic carbocycles. The Labute approximate surface area is 131 Å². The number of halogens is 1. The summed E-state index contributed by atoms with van der Waals surface area (Å²) in [7, 11) is 0. The summed E-state index contributed by atoms with van der Waals surface area (Å²) in [6.45, 7) is 2.25. The third-order valence-corrected chi connectivity index (χ3v) is 4.33. The van der Waals surface area contributed by atoms with Crippen molar-refractivity contribution in [3.63, 3.8) is 0 Å². The number of hydrogen-bond acceptors (Lipinski definition) is 4. The van der Waals surface area contributed by atoms with E-state index in [1.54, 1.807) is 6.20 Å². The van der Waals surface area contributed by atoms with Gasteiger partial charge in [0, 0.05) is 16.1 Å². The van der Waals surface area contributed by atoms with E-state index in [0.717, 1.165) is 20.9 Å². The Morgan fingerprint density at radius 1 is 1.45 bits per heavy atom. The molecule has 1 aromatic heterocycles. The van der Waals surface area contributed by atoms with Crippen LogP contribution in [0.15, 0.2) is 34.9 Å². The van der Waals surface area contributed by atoms with Gasteiger partial charge in [-0.25, -0.2) is 0 Å². The molecule has 0 saturated heterocycles. The first kappa shape index (κ1) is 15.3. The topological polar surface area (TPSA) is 39.2 Å². The molecule has 0 N–H and O–H groups in total. The van der Waals surface area contributed by atoms with E-state index < -0.39 is 0 Å². The van der Waals surface area contributed by atoms with Crippen LogP contribution in [0.1, 0.15) is 12.5 Å². The second kappa shape index (κ2) is 7.09. The summed E-state index contributed by atoms with van der Waals surface area (Å²) in [4.78, 5) is 16.2. The van der Waals surface area contributed by atoms with Crippen molar-refractivity contribution in [1.82, 2.24) is 4.98 Å². The highest BCUT2D eigenvalue weighted by Gasteiger charge is 2.19. The Morgan fingerprint density at radius 3 is 2.95 bits per heavy atom. The maximum atomic E-state index is 11.8. The van der Waals surface area contributed by atoms with Crippen molar-refractivity contribution >= 4 is 44.6 Å². The van der Waals surface area contributed by atoms with Crippen LogP contribution in [0.4, 0.5) is 0 Å². The first-order valence-electron chi connectivity index (χ1n) is 6.37. The van der Waals surface area contributed by atoms with Gasteiger partial charge in [-0.05, 0) is 59.3 Å². The first-order valence-corrected chi connectivity index (χ1v) is 8.45.